The molecule has 0 heterocycles. The second-order valence-electron chi connectivity index (χ2n) is 3.41. The fraction of sp³-hybridized carbons (Fsp3) is 1.00. The maximum Gasteiger partial charge on any atom is 0.0169 e. The van der Waals surface area contributed by atoms with Crippen molar-refractivity contribution in [2.75, 3.05) is 13.1 Å². The van der Waals surface area contributed by atoms with Crippen LogP contribution in [0.5, 0.6) is 0 Å². The van der Waals surface area contributed by atoms with Crippen LogP contribution in [0.25, 0.3) is 0 Å². The molecule has 1 aliphatic rings. The van der Waals surface area contributed by atoms with Gasteiger partial charge in [-0.25, -0.2) is 0 Å². The van der Waals surface area contributed by atoms with E-state index in [4.69, 9.17) is 11.5 Å². The van der Waals surface area contributed by atoms with Gasteiger partial charge in [0.2, 0.25) is 0 Å². The molecule has 0 atom stereocenters. The third kappa shape index (κ3) is 1.50. The third-order valence-corrected chi connectivity index (χ3v) is 2.66. The van der Waals surface area contributed by atoms with Crippen LogP contribution in [-0.2, 0) is 0 Å². The first-order valence-electron chi connectivity index (χ1n) is 4.12. The van der Waals surface area contributed by atoms with Crippen LogP contribution in [0, 0.1) is 5.41 Å². The second-order valence-corrected chi connectivity index (χ2v) is 3.41. The summed E-state index contributed by atoms with van der Waals surface area (Å²) in [5.41, 5.74) is 14.7. The lowest BCUT2D eigenvalue weighted by Gasteiger charge is -2.33. The van der Waals surface area contributed by atoms with E-state index in [1.54, 1.807) is 0 Å². The minimum Gasteiger partial charge on any atom is -0.257 e. The molecule has 0 unspecified atom stereocenters. The van der Waals surface area contributed by atoms with E-state index < -0.39 is 0 Å². The molecule has 1 fully saturated rings. The zero-order chi connectivity index (χ0) is 7.45. The van der Waals surface area contributed by atoms with Gasteiger partial charge in [-0.1, -0.05) is 19.3 Å². The molecule has 2 nitrogen and oxygen atoms in total. The molecule has 2 heteroatoms. The molecule has 2 N–H and O–H groups in total. The standard InChI is InChI=1S/C8H16N2/c9-6-8(7-10)4-2-1-3-5-8/h9-10H,1-7H2. The molecule has 1 saturated carbocycles. The van der Waals surface area contributed by atoms with Crippen molar-refractivity contribution < 1.29 is 0 Å². The molecule has 2 radical (unpaired) electrons. The molecule has 0 amide bonds. The fourth-order valence-corrected chi connectivity index (χ4v) is 1.72. The van der Waals surface area contributed by atoms with Gasteiger partial charge in [-0.05, 0) is 18.3 Å². The van der Waals surface area contributed by atoms with Gasteiger partial charge in [0.15, 0.2) is 0 Å². The summed E-state index contributed by atoms with van der Waals surface area (Å²) in [6, 6.07) is 0. The van der Waals surface area contributed by atoms with E-state index in [0.717, 1.165) is 12.8 Å². The minimum absolute atomic E-state index is 0.0955. The lowest BCUT2D eigenvalue weighted by Crippen LogP contribution is -2.33. The Balaban J connectivity index is 2.44. The Labute approximate surface area is 63.0 Å². The Morgan fingerprint density at radius 2 is 1.40 bits per heavy atom. The van der Waals surface area contributed by atoms with Crippen molar-refractivity contribution in [1.29, 1.82) is 0 Å². The first kappa shape index (κ1) is 8.02. The number of nitrogens with one attached hydrogen (secondary N) is 2. The fourth-order valence-electron chi connectivity index (χ4n) is 1.72. The molecule has 0 aromatic rings. The molecule has 10 heavy (non-hydrogen) atoms. The van der Waals surface area contributed by atoms with Gasteiger partial charge in [0, 0.05) is 13.1 Å². The van der Waals surface area contributed by atoms with E-state index in [-0.39, 0.29) is 5.41 Å². The van der Waals surface area contributed by atoms with Crippen molar-refractivity contribution in [3.63, 3.8) is 0 Å². The van der Waals surface area contributed by atoms with Crippen LogP contribution < -0.4 is 11.5 Å². The van der Waals surface area contributed by atoms with E-state index in [2.05, 4.69) is 0 Å². The highest BCUT2D eigenvalue weighted by molar-refractivity contribution is 4.83. The smallest absolute Gasteiger partial charge is 0.0169 e. The van der Waals surface area contributed by atoms with Crippen LogP contribution in [0.4, 0.5) is 0 Å². The van der Waals surface area contributed by atoms with Crippen LogP contribution in [0.1, 0.15) is 32.1 Å². The van der Waals surface area contributed by atoms with Crippen molar-refractivity contribution >= 4 is 0 Å². The molecular weight excluding hydrogens is 124 g/mol. The molecule has 1 rings (SSSR count). The van der Waals surface area contributed by atoms with Crippen molar-refractivity contribution in [3.05, 3.63) is 0 Å². The van der Waals surface area contributed by atoms with Crippen LogP contribution in [0.15, 0.2) is 0 Å². The lowest BCUT2D eigenvalue weighted by molar-refractivity contribution is 0.203. The summed E-state index contributed by atoms with van der Waals surface area (Å²) in [6.45, 7) is 0.938. The van der Waals surface area contributed by atoms with Gasteiger partial charge in [-0.3, -0.25) is 11.5 Å². The average Bonchev–Trinajstić information content (AvgIpc) is 2.06. The van der Waals surface area contributed by atoms with Gasteiger partial charge in [-0.2, -0.15) is 0 Å². The Kier molecular flexibility index (Phi) is 2.69. The van der Waals surface area contributed by atoms with E-state index in [1.807, 2.05) is 0 Å². The van der Waals surface area contributed by atoms with Crippen molar-refractivity contribution in [1.82, 2.24) is 11.5 Å². The highest BCUT2D eigenvalue weighted by atomic mass is 14.7. The molecule has 0 bridgehead atoms. The summed E-state index contributed by atoms with van der Waals surface area (Å²) in [7, 11) is 0. The molecule has 0 aliphatic heterocycles. The molecular formula is C8H16N2. The highest BCUT2D eigenvalue weighted by Gasteiger charge is 2.29. The average molecular weight is 140 g/mol. The van der Waals surface area contributed by atoms with E-state index in [9.17, 15) is 0 Å². The van der Waals surface area contributed by atoms with Gasteiger partial charge in [-0.15, -0.1) is 0 Å². The SMILES string of the molecule is [NH]CC1(C[NH])CCCCC1. The first-order chi connectivity index (χ1) is 4.83. The van der Waals surface area contributed by atoms with Gasteiger partial charge < -0.3 is 0 Å². The Morgan fingerprint density at radius 3 is 1.70 bits per heavy atom. The van der Waals surface area contributed by atoms with Gasteiger partial charge in [0.05, 0.1) is 0 Å². The van der Waals surface area contributed by atoms with Crippen LogP contribution in [0.2, 0.25) is 0 Å². The number of rotatable bonds is 2. The van der Waals surface area contributed by atoms with Gasteiger partial charge >= 0.3 is 0 Å². The quantitative estimate of drug-likeness (QED) is 0.558. The van der Waals surface area contributed by atoms with Crippen molar-refractivity contribution in [2.24, 2.45) is 5.41 Å². The van der Waals surface area contributed by atoms with Crippen LogP contribution in [-0.4, -0.2) is 13.1 Å². The summed E-state index contributed by atoms with van der Waals surface area (Å²) >= 11 is 0. The zero-order valence-electron chi connectivity index (χ0n) is 6.45. The van der Waals surface area contributed by atoms with Crippen molar-refractivity contribution in [2.45, 2.75) is 32.1 Å². The minimum atomic E-state index is 0.0955. The van der Waals surface area contributed by atoms with E-state index in [1.165, 1.54) is 19.3 Å². The van der Waals surface area contributed by atoms with Gasteiger partial charge in [0.25, 0.3) is 0 Å². The first-order valence-corrected chi connectivity index (χ1v) is 4.12. The van der Waals surface area contributed by atoms with E-state index in [0.29, 0.717) is 13.1 Å². The summed E-state index contributed by atoms with van der Waals surface area (Å²) in [4.78, 5) is 0. The Hall–Kier alpha value is -0.0800. The van der Waals surface area contributed by atoms with Gasteiger partial charge in [0.1, 0.15) is 0 Å². The summed E-state index contributed by atoms with van der Waals surface area (Å²) in [6.07, 6.45) is 6.07. The monoisotopic (exact) mass is 140 g/mol. The molecule has 0 aromatic carbocycles. The highest BCUT2D eigenvalue weighted by Crippen LogP contribution is 2.34. The number of hydrogen-bond donors (Lipinski definition) is 0. The number of hydrogen-bond acceptors (Lipinski definition) is 0. The molecule has 0 saturated heterocycles. The summed E-state index contributed by atoms with van der Waals surface area (Å²) in [5.74, 6) is 0. The molecule has 0 aromatic heterocycles. The second kappa shape index (κ2) is 3.35. The molecule has 1 aliphatic carbocycles. The predicted molar refractivity (Wildman–Crippen MR) is 41.4 cm³/mol. The lowest BCUT2D eigenvalue weighted by atomic mass is 9.74. The maximum atomic E-state index is 7.33. The predicted octanol–water partition coefficient (Wildman–Crippen LogP) is 1.50. The third-order valence-electron chi connectivity index (χ3n) is 2.66. The topological polar surface area (TPSA) is 47.6 Å². The van der Waals surface area contributed by atoms with Crippen LogP contribution >= 0.6 is 0 Å². The summed E-state index contributed by atoms with van der Waals surface area (Å²) < 4.78 is 0. The largest absolute Gasteiger partial charge is 0.257 e. The summed E-state index contributed by atoms with van der Waals surface area (Å²) in [5, 5.41) is 0. The Morgan fingerprint density at radius 1 is 0.900 bits per heavy atom. The zero-order valence-corrected chi connectivity index (χ0v) is 6.45. The maximum absolute atomic E-state index is 7.33. The van der Waals surface area contributed by atoms with Crippen molar-refractivity contribution in [3.8, 4) is 0 Å². The normalized spacial score (nSPS) is 24.6. The van der Waals surface area contributed by atoms with Crippen LogP contribution in [0.3, 0.4) is 0 Å². The molecule has 58 valence electrons. The molecule has 0 spiro atoms. The van der Waals surface area contributed by atoms with E-state index >= 15 is 0 Å². The Bertz CT molecular complexity index is 89.4.